The maximum absolute atomic E-state index is 13.0. The van der Waals surface area contributed by atoms with Crippen LogP contribution in [0.1, 0.15) is 25.0 Å². The molecule has 27 heavy (non-hydrogen) atoms. The summed E-state index contributed by atoms with van der Waals surface area (Å²) in [6.45, 7) is 4.72. The quantitative estimate of drug-likeness (QED) is 0.709. The number of hydrogen-bond acceptors (Lipinski definition) is 3. The normalized spacial score (nSPS) is 12.0. The summed E-state index contributed by atoms with van der Waals surface area (Å²) in [7, 11) is 0. The number of ether oxygens (including phenoxy) is 1. The lowest BCUT2D eigenvalue weighted by molar-refractivity contribution is -0.140. The first kappa shape index (κ1) is 22.8. The molecule has 1 atom stereocenters. The molecule has 0 aliphatic rings. The van der Waals surface area contributed by atoms with Crippen LogP contribution in [0, 0.1) is 0 Å². The van der Waals surface area contributed by atoms with E-state index in [1.165, 1.54) is 25.1 Å². The summed E-state index contributed by atoms with van der Waals surface area (Å²) in [4.78, 5) is 12.4. The van der Waals surface area contributed by atoms with Gasteiger partial charge in [-0.15, -0.1) is 12.4 Å². The van der Waals surface area contributed by atoms with Gasteiger partial charge in [-0.2, -0.15) is 13.2 Å². The van der Waals surface area contributed by atoms with Crippen LogP contribution in [0.15, 0.2) is 48.5 Å². The fourth-order valence-corrected chi connectivity index (χ4v) is 2.34. The minimum atomic E-state index is -4.55. The highest BCUT2D eigenvalue weighted by Crippen LogP contribution is 2.36. The SMILES string of the molecule is CCNCc1ccccc1NC(=O)C(C)Oc1ccccc1C(F)(F)F.Cl. The van der Waals surface area contributed by atoms with Crippen LogP contribution in [0.2, 0.25) is 0 Å². The third kappa shape index (κ3) is 6.45. The summed E-state index contributed by atoms with van der Waals surface area (Å²) >= 11 is 0. The highest BCUT2D eigenvalue weighted by atomic mass is 35.5. The zero-order valence-corrected chi connectivity index (χ0v) is 15.8. The predicted molar refractivity (Wildman–Crippen MR) is 101 cm³/mol. The molecule has 0 fully saturated rings. The van der Waals surface area contributed by atoms with Crippen molar-refractivity contribution in [2.45, 2.75) is 32.7 Å². The second-order valence-electron chi connectivity index (χ2n) is 5.68. The number of carbonyl (C=O) groups excluding carboxylic acids is 1. The van der Waals surface area contributed by atoms with Crippen LogP contribution in [-0.4, -0.2) is 18.6 Å². The molecule has 0 radical (unpaired) electrons. The maximum atomic E-state index is 13.0. The number of anilines is 1. The Hall–Kier alpha value is -2.25. The van der Waals surface area contributed by atoms with Crippen LogP contribution >= 0.6 is 12.4 Å². The zero-order chi connectivity index (χ0) is 19.2. The maximum Gasteiger partial charge on any atom is 0.419 e. The average molecular weight is 403 g/mol. The molecule has 0 saturated heterocycles. The highest BCUT2D eigenvalue weighted by molar-refractivity contribution is 5.94. The standard InChI is InChI=1S/C19H21F3N2O2.ClH/c1-3-23-12-14-8-4-6-10-16(14)24-18(25)13(2)26-17-11-7-5-9-15(17)19(20,21)22;/h4-11,13,23H,3,12H2,1-2H3,(H,24,25);1H. The van der Waals surface area contributed by atoms with Crippen molar-refractivity contribution in [3.8, 4) is 5.75 Å². The monoisotopic (exact) mass is 402 g/mol. The lowest BCUT2D eigenvalue weighted by Gasteiger charge is -2.19. The molecule has 1 amide bonds. The van der Waals surface area contributed by atoms with E-state index in [1.807, 2.05) is 19.1 Å². The summed E-state index contributed by atoms with van der Waals surface area (Å²) in [6, 6.07) is 12.1. The number of rotatable bonds is 7. The Morgan fingerprint density at radius 2 is 1.74 bits per heavy atom. The number of benzene rings is 2. The van der Waals surface area contributed by atoms with Gasteiger partial charge in [-0.25, -0.2) is 0 Å². The molecule has 8 heteroatoms. The predicted octanol–water partition coefficient (Wildman–Crippen LogP) is 4.64. The van der Waals surface area contributed by atoms with E-state index in [4.69, 9.17) is 4.74 Å². The zero-order valence-electron chi connectivity index (χ0n) is 15.0. The van der Waals surface area contributed by atoms with E-state index in [9.17, 15) is 18.0 Å². The van der Waals surface area contributed by atoms with Gasteiger partial charge in [0.15, 0.2) is 6.10 Å². The van der Waals surface area contributed by atoms with E-state index in [-0.39, 0.29) is 18.2 Å². The van der Waals surface area contributed by atoms with Crippen molar-refractivity contribution >= 4 is 24.0 Å². The van der Waals surface area contributed by atoms with Crippen LogP contribution in [-0.2, 0) is 17.5 Å². The van der Waals surface area contributed by atoms with E-state index >= 15 is 0 Å². The molecule has 148 valence electrons. The van der Waals surface area contributed by atoms with E-state index in [1.54, 1.807) is 12.1 Å². The van der Waals surface area contributed by atoms with Crippen LogP contribution in [0.4, 0.5) is 18.9 Å². The van der Waals surface area contributed by atoms with Gasteiger partial charge >= 0.3 is 6.18 Å². The van der Waals surface area contributed by atoms with Crippen molar-refractivity contribution < 1.29 is 22.7 Å². The average Bonchev–Trinajstić information content (AvgIpc) is 2.60. The smallest absolute Gasteiger partial charge is 0.419 e. The summed E-state index contributed by atoms with van der Waals surface area (Å²) in [6.07, 6.45) is -5.64. The Morgan fingerprint density at radius 3 is 2.41 bits per heavy atom. The summed E-state index contributed by atoms with van der Waals surface area (Å²) < 4.78 is 44.4. The molecule has 2 N–H and O–H groups in total. The van der Waals surface area contributed by atoms with Gasteiger partial charge in [0.1, 0.15) is 5.75 Å². The van der Waals surface area contributed by atoms with Gasteiger partial charge in [0, 0.05) is 12.2 Å². The number of alkyl halides is 3. The molecule has 1 unspecified atom stereocenters. The van der Waals surface area contributed by atoms with Gasteiger partial charge in [0.2, 0.25) is 0 Å². The molecule has 2 aromatic rings. The molecule has 0 aliphatic heterocycles. The van der Waals surface area contributed by atoms with Crippen LogP contribution < -0.4 is 15.4 Å². The van der Waals surface area contributed by atoms with Crippen LogP contribution in [0.3, 0.4) is 0 Å². The number of amides is 1. The summed E-state index contributed by atoms with van der Waals surface area (Å²) in [5.74, 6) is -0.894. The molecule has 0 aromatic heterocycles. The molecular weight excluding hydrogens is 381 g/mol. The Labute approximate surface area is 162 Å². The van der Waals surface area contributed by atoms with Gasteiger partial charge < -0.3 is 15.4 Å². The van der Waals surface area contributed by atoms with Gasteiger partial charge in [0.05, 0.1) is 5.56 Å². The fraction of sp³-hybridized carbons (Fsp3) is 0.316. The number of hydrogen-bond donors (Lipinski definition) is 2. The third-order valence-electron chi connectivity index (χ3n) is 3.71. The molecule has 0 aliphatic carbocycles. The second-order valence-corrected chi connectivity index (χ2v) is 5.68. The molecular formula is C19H22ClF3N2O2. The molecule has 4 nitrogen and oxygen atoms in total. The Kier molecular flexibility index (Phi) is 8.59. The largest absolute Gasteiger partial charge is 0.480 e. The minimum absolute atomic E-state index is 0. The van der Waals surface area contributed by atoms with Crippen LogP contribution in [0.5, 0.6) is 5.75 Å². The van der Waals surface area contributed by atoms with E-state index in [2.05, 4.69) is 10.6 Å². The Bertz CT molecular complexity index is 754. The van der Waals surface area contributed by atoms with E-state index in [0.29, 0.717) is 12.2 Å². The Balaban J connectivity index is 0.00000364. The summed E-state index contributed by atoms with van der Waals surface area (Å²) in [5.41, 5.74) is 0.566. The van der Waals surface area contributed by atoms with Crippen molar-refractivity contribution in [1.29, 1.82) is 0 Å². The first-order valence-electron chi connectivity index (χ1n) is 8.25. The minimum Gasteiger partial charge on any atom is -0.480 e. The van der Waals surface area contributed by atoms with Crippen LogP contribution in [0.25, 0.3) is 0 Å². The molecule has 0 bridgehead atoms. The fourth-order valence-electron chi connectivity index (χ4n) is 2.34. The second kappa shape index (κ2) is 10.2. The first-order valence-corrected chi connectivity index (χ1v) is 8.25. The first-order chi connectivity index (χ1) is 12.3. The molecule has 2 aromatic carbocycles. The topological polar surface area (TPSA) is 50.4 Å². The van der Waals surface area contributed by atoms with Crippen molar-refractivity contribution in [2.24, 2.45) is 0 Å². The van der Waals surface area contributed by atoms with Crippen molar-refractivity contribution in [2.75, 3.05) is 11.9 Å². The van der Waals surface area contributed by atoms with Gasteiger partial charge in [-0.05, 0) is 37.2 Å². The number of nitrogens with one attached hydrogen (secondary N) is 2. The number of carbonyl (C=O) groups is 1. The van der Waals surface area contributed by atoms with Crippen molar-refractivity contribution in [1.82, 2.24) is 5.32 Å². The Morgan fingerprint density at radius 1 is 1.11 bits per heavy atom. The number of halogens is 4. The molecule has 0 heterocycles. The third-order valence-corrected chi connectivity index (χ3v) is 3.71. The molecule has 2 rings (SSSR count). The van der Waals surface area contributed by atoms with E-state index < -0.39 is 23.8 Å². The van der Waals surface area contributed by atoms with Gasteiger partial charge in [0.25, 0.3) is 5.91 Å². The van der Waals surface area contributed by atoms with Crippen molar-refractivity contribution in [3.05, 3.63) is 59.7 Å². The van der Waals surface area contributed by atoms with E-state index in [0.717, 1.165) is 18.2 Å². The lowest BCUT2D eigenvalue weighted by atomic mass is 10.1. The van der Waals surface area contributed by atoms with Gasteiger partial charge in [-0.3, -0.25) is 4.79 Å². The lowest BCUT2D eigenvalue weighted by Crippen LogP contribution is -2.31. The van der Waals surface area contributed by atoms with Crippen molar-refractivity contribution in [3.63, 3.8) is 0 Å². The van der Waals surface area contributed by atoms with Gasteiger partial charge in [-0.1, -0.05) is 37.3 Å². The number of para-hydroxylation sites is 2. The highest BCUT2D eigenvalue weighted by Gasteiger charge is 2.34. The molecule has 0 saturated carbocycles. The molecule has 0 spiro atoms. The summed E-state index contributed by atoms with van der Waals surface area (Å²) in [5, 5.41) is 5.88.